The molecule has 0 saturated carbocycles. The lowest BCUT2D eigenvalue weighted by Crippen LogP contribution is -2.15. The smallest absolute Gasteiger partial charge is 0.416 e. The van der Waals surface area contributed by atoms with E-state index in [0.717, 1.165) is 28.7 Å². The van der Waals surface area contributed by atoms with Crippen molar-refractivity contribution in [1.29, 1.82) is 0 Å². The van der Waals surface area contributed by atoms with Crippen molar-refractivity contribution in [3.63, 3.8) is 0 Å². The molecule has 0 bridgehead atoms. The molecule has 34 heavy (non-hydrogen) atoms. The summed E-state index contributed by atoms with van der Waals surface area (Å²) in [6.07, 6.45) is -4.46. The van der Waals surface area contributed by atoms with Gasteiger partial charge in [-0.1, -0.05) is 24.3 Å². The lowest BCUT2D eigenvalue weighted by Gasteiger charge is -2.13. The van der Waals surface area contributed by atoms with Gasteiger partial charge in [-0.2, -0.15) is 13.2 Å². The van der Waals surface area contributed by atoms with Crippen LogP contribution >= 0.6 is 12.4 Å². The standard InChI is InChI=1S/C25H20F3N3O2.ClH/c1-15-11-22(29)21-13-18(9-10-23(21)30-15)31-24(32)20-8-3-2-5-16(20)14-33-19-7-4-6-17(12-19)25(26,27)28;/h2-13H,14H2,1H3,(H2,29,30)(H,31,32);1H. The maximum absolute atomic E-state index is 12.9. The Balaban J connectivity index is 0.00000324. The molecule has 0 unspecified atom stereocenters. The van der Waals surface area contributed by atoms with Crippen molar-refractivity contribution in [3.05, 3.63) is 95.2 Å². The molecule has 5 nitrogen and oxygen atoms in total. The van der Waals surface area contributed by atoms with Crippen LogP contribution in [0.25, 0.3) is 10.9 Å². The summed E-state index contributed by atoms with van der Waals surface area (Å²) in [5.74, 6) is -0.316. The molecule has 0 fully saturated rings. The molecule has 1 amide bonds. The highest BCUT2D eigenvalue weighted by Crippen LogP contribution is 2.31. The van der Waals surface area contributed by atoms with E-state index in [1.807, 2.05) is 6.92 Å². The molecule has 3 N–H and O–H groups in total. The molecule has 0 radical (unpaired) electrons. The summed E-state index contributed by atoms with van der Waals surface area (Å²) in [6, 6.07) is 18.4. The van der Waals surface area contributed by atoms with Crippen LogP contribution in [0.3, 0.4) is 0 Å². The molecule has 176 valence electrons. The van der Waals surface area contributed by atoms with Crippen LogP contribution < -0.4 is 15.8 Å². The number of amides is 1. The number of aryl methyl sites for hydroxylation is 1. The Hall–Kier alpha value is -3.78. The van der Waals surface area contributed by atoms with E-state index in [2.05, 4.69) is 10.3 Å². The summed E-state index contributed by atoms with van der Waals surface area (Å²) in [5, 5.41) is 3.56. The first-order valence-corrected chi connectivity index (χ1v) is 10.1. The van der Waals surface area contributed by atoms with Crippen molar-refractivity contribution in [1.82, 2.24) is 4.98 Å². The van der Waals surface area contributed by atoms with E-state index in [1.54, 1.807) is 48.5 Å². The number of nitrogens with zero attached hydrogens (tertiary/aromatic N) is 1. The zero-order chi connectivity index (χ0) is 23.6. The van der Waals surface area contributed by atoms with Gasteiger partial charge in [0.2, 0.25) is 0 Å². The van der Waals surface area contributed by atoms with E-state index in [9.17, 15) is 18.0 Å². The van der Waals surface area contributed by atoms with E-state index in [1.165, 1.54) is 12.1 Å². The second-order valence-electron chi connectivity index (χ2n) is 7.51. The molecule has 9 heteroatoms. The van der Waals surface area contributed by atoms with Crippen LogP contribution in [-0.4, -0.2) is 10.9 Å². The molecule has 0 spiro atoms. The Labute approximate surface area is 200 Å². The number of benzene rings is 3. The molecule has 0 aliphatic heterocycles. The lowest BCUT2D eigenvalue weighted by molar-refractivity contribution is -0.137. The van der Waals surface area contributed by atoms with E-state index in [0.29, 0.717) is 22.5 Å². The summed E-state index contributed by atoms with van der Waals surface area (Å²) in [7, 11) is 0. The fourth-order valence-corrected chi connectivity index (χ4v) is 3.46. The van der Waals surface area contributed by atoms with Gasteiger partial charge in [-0.3, -0.25) is 9.78 Å². The maximum Gasteiger partial charge on any atom is 0.416 e. The van der Waals surface area contributed by atoms with Gasteiger partial charge < -0.3 is 15.8 Å². The van der Waals surface area contributed by atoms with Gasteiger partial charge in [0.15, 0.2) is 0 Å². The number of hydrogen-bond donors (Lipinski definition) is 2. The Morgan fingerprint density at radius 2 is 1.79 bits per heavy atom. The van der Waals surface area contributed by atoms with Crippen molar-refractivity contribution in [3.8, 4) is 5.75 Å². The molecule has 3 aromatic carbocycles. The summed E-state index contributed by atoms with van der Waals surface area (Å²) >= 11 is 0. The molecule has 1 heterocycles. The van der Waals surface area contributed by atoms with Crippen LogP contribution in [0.2, 0.25) is 0 Å². The maximum atomic E-state index is 12.9. The summed E-state index contributed by atoms with van der Waals surface area (Å²) in [5.41, 5.74) is 8.78. The molecule has 0 saturated heterocycles. The predicted octanol–water partition coefficient (Wildman–Crippen LogP) is 6.40. The average molecular weight is 488 g/mol. The molecule has 0 aliphatic carbocycles. The normalized spacial score (nSPS) is 11.1. The predicted molar refractivity (Wildman–Crippen MR) is 128 cm³/mol. The van der Waals surface area contributed by atoms with Gasteiger partial charge in [-0.05, 0) is 55.5 Å². The minimum Gasteiger partial charge on any atom is -0.489 e. The second-order valence-corrected chi connectivity index (χ2v) is 7.51. The zero-order valence-corrected chi connectivity index (χ0v) is 18.8. The quantitative estimate of drug-likeness (QED) is 0.341. The van der Waals surface area contributed by atoms with Crippen LogP contribution in [0.1, 0.15) is 27.2 Å². The van der Waals surface area contributed by atoms with Crippen LogP contribution in [0, 0.1) is 6.92 Å². The number of carbonyl (C=O) groups excluding carboxylic acids is 1. The van der Waals surface area contributed by atoms with Gasteiger partial charge in [-0.15, -0.1) is 12.4 Å². The highest BCUT2D eigenvalue weighted by Gasteiger charge is 2.30. The molecule has 0 atom stereocenters. The van der Waals surface area contributed by atoms with E-state index < -0.39 is 11.7 Å². The number of carbonyl (C=O) groups is 1. The van der Waals surface area contributed by atoms with E-state index in [4.69, 9.17) is 10.5 Å². The molecule has 4 rings (SSSR count). The van der Waals surface area contributed by atoms with Gasteiger partial charge in [-0.25, -0.2) is 0 Å². The number of fused-ring (bicyclic) bond motifs is 1. The third kappa shape index (κ3) is 5.58. The Morgan fingerprint density at radius 1 is 1.03 bits per heavy atom. The number of ether oxygens (including phenoxy) is 1. The van der Waals surface area contributed by atoms with Crippen LogP contribution in [0.4, 0.5) is 24.5 Å². The molecule has 0 aliphatic rings. The Kier molecular flexibility index (Phi) is 7.32. The Bertz CT molecular complexity index is 1340. The van der Waals surface area contributed by atoms with E-state index >= 15 is 0 Å². The van der Waals surface area contributed by atoms with E-state index in [-0.39, 0.29) is 30.7 Å². The number of pyridine rings is 1. The first-order valence-electron chi connectivity index (χ1n) is 10.1. The summed E-state index contributed by atoms with van der Waals surface area (Å²) < 4.78 is 44.3. The highest BCUT2D eigenvalue weighted by molar-refractivity contribution is 6.06. The van der Waals surface area contributed by atoms with Crippen molar-refractivity contribution in [2.24, 2.45) is 0 Å². The number of halogens is 4. The third-order valence-electron chi connectivity index (χ3n) is 5.04. The number of nitrogen functional groups attached to an aromatic ring is 1. The number of anilines is 2. The summed E-state index contributed by atoms with van der Waals surface area (Å²) in [4.78, 5) is 17.4. The Morgan fingerprint density at radius 3 is 2.56 bits per heavy atom. The van der Waals surface area contributed by atoms with Crippen molar-refractivity contribution in [2.45, 2.75) is 19.7 Å². The third-order valence-corrected chi connectivity index (χ3v) is 5.04. The minimum absolute atomic E-state index is 0. The van der Waals surface area contributed by atoms with Crippen molar-refractivity contribution >= 4 is 40.6 Å². The molecule has 1 aromatic heterocycles. The first kappa shape index (κ1) is 24.9. The minimum atomic E-state index is -4.46. The average Bonchev–Trinajstić information content (AvgIpc) is 2.78. The van der Waals surface area contributed by atoms with Crippen molar-refractivity contribution < 1.29 is 22.7 Å². The lowest BCUT2D eigenvalue weighted by atomic mass is 10.1. The fourth-order valence-electron chi connectivity index (χ4n) is 3.46. The van der Waals surface area contributed by atoms with Gasteiger partial charge >= 0.3 is 6.18 Å². The number of alkyl halides is 3. The van der Waals surface area contributed by atoms with Crippen molar-refractivity contribution in [2.75, 3.05) is 11.1 Å². The number of rotatable bonds is 5. The number of nitrogens with two attached hydrogens (primary N) is 1. The van der Waals surface area contributed by atoms with Gasteiger partial charge in [0.05, 0.1) is 11.1 Å². The molecule has 4 aromatic rings. The molecular formula is C25H21ClF3N3O2. The monoisotopic (exact) mass is 487 g/mol. The van der Waals surface area contributed by atoms with Crippen LogP contribution in [0.5, 0.6) is 5.75 Å². The summed E-state index contributed by atoms with van der Waals surface area (Å²) in [6.45, 7) is 1.78. The van der Waals surface area contributed by atoms with Gasteiger partial charge in [0.1, 0.15) is 12.4 Å². The van der Waals surface area contributed by atoms with Crippen LogP contribution in [0.15, 0.2) is 72.8 Å². The van der Waals surface area contributed by atoms with Gasteiger partial charge in [0.25, 0.3) is 5.91 Å². The number of nitrogens with one attached hydrogen (secondary N) is 1. The number of hydrogen-bond acceptors (Lipinski definition) is 4. The fraction of sp³-hybridized carbons (Fsp3) is 0.120. The second kappa shape index (κ2) is 10.0. The largest absolute Gasteiger partial charge is 0.489 e. The molecular weight excluding hydrogens is 467 g/mol. The van der Waals surface area contributed by atoms with Crippen LogP contribution in [-0.2, 0) is 12.8 Å². The zero-order valence-electron chi connectivity index (χ0n) is 18.0. The number of aromatic nitrogens is 1. The SMILES string of the molecule is Cc1cc(N)c2cc(NC(=O)c3ccccc3COc3cccc(C(F)(F)F)c3)ccc2n1.Cl. The van der Waals surface area contributed by atoms with Gasteiger partial charge in [0, 0.05) is 33.6 Å². The highest BCUT2D eigenvalue weighted by atomic mass is 35.5. The first-order chi connectivity index (χ1) is 15.7. The topological polar surface area (TPSA) is 77.2 Å².